The molecule has 8 heteroatoms. The molecule has 0 aliphatic rings. The lowest BCUT2D eigenvalue weighted by molar-refractivity contribution is -0.114. The Bertz CT molecular complexity index is 1140. The summed E-state index contributed by atoms with van der Waals surface area (Å²) in [6.07, 6.45) is 0. The summed E-state index contributed by atoms with van der Waals surface area (Å²) in [4.78, 5) is 12.1. The van der Waals surface area contributed by atoms with E-state index in [9.17, 15) is 17.6 Å². The van der Waals surface area contributed by atoms with E-state index in [1.165, 1.54) is 18.2 Å². The molecular formula is C22H21FN2O4S. The van der Waals surface area contributed by atoms with Crippen molar-refractivity contribution in [1.82, 2.24) is 0 Å². The fourth-order valence-corrected chi connectivity index (χ4v) is 4.21. The maximum Gasteiger partial charge on any atom is 0.243 e. The van der Waals surface area contributed by atoms with Crippen LogP contribution in [-0.4, -0.2) is 28.0 Å². The van der Waals surface area contributed by atoms with Crippen LogP contribution in [0.2, 0.25) is 0 Å². The fourth-order valence-electron chi connectivity index (χ4n) is 2.76. The monoisotopic (exact) mass is 428 g/mol. The maximum atomic E-state index is 13.8. The Morgan fingerprint density at radius 2 is 1.67 bits per heavy atom. The minimum atomic E-state index is -3.97. The van der Waals surface area contributed by atoms with Crippen molar-refractivity contribution >= 4 is 27.1 Å². The van der Waals surface area contributed by atoms with Gasteiger partial charge in [-0.2, -0.15) is 0 Å². The molecule has 0 aromatic heterocycles. The van der Waals surface area contributed by atoms with Crippen molar-refractivity contribution in [3.8, 4) is 5.75 Å². The van der Waals surface area contributed by atoms with E-state index in [2.05, 4.69) is 10.6 Å². The second-order valence-corrected chi connectivity index (χ2v) is 8.51. The topological polar surface area (TPSA) is 84.5 Å². The largest absolute Gasteiger partial charge is 0.497 e. The molecule has 0 spiro atoms. The van der Waals surface area contributed by atoms with Gasteiger partial charge in [0.05, 0.1) is 29.1 Å². The molecule has 6 nitrogen and oxygen atoms in total. The Kier molecular flexibility index (Phi) is 6.37. The van der Waals surface area contributed by atoms with E-state index in [1.807, 2.05) is 6.92 Å². The fraction of sp³-hybridized carbons (Fsp3) is 0.136. The van der Waals surface area contributed by atoms with Gasteiger partial charge in [-0.1, -0.05) is 17.7 Å². The molecule has 0 bridgehead atoms. The summed E-state index contributed by atoms with van der Waals surface area (Å²) in [5, 5.41) is 5.48. The lowest BCUT2D eigenvalue weighted by Crippen LogP contribution is -2.22. The van der Waals surface area contributed by atoms with Gasteiger partial charge in [-0.15, -0.1) is 0 Å². The normalized spacial score (nSPS) is 11.0. The molecule has 0 saturated carbocycles. The van der Waals surface area contributed by atoms with Gasteiger partial charge in [-0.05, 0) is 61.5 Å². The van der Waals surface area contributed by atoms with Gasteiger partial charge in [0.1, 0.15) is 11.6 Å². The van der Waals surface area contributed by atoms with E-state index in [1.54, 1.807) is 43.5 Å². The molecule has 3 rings (SSSR count). The summed E-state index contributed by atoms with van der Waals surface area (Å²) < 4.78 is 44.9. The predicted octanol–water partition coefficient (Wildman–Crippen LogP) is 4.03. The van der Waals surface area contributed by atoms with Crippen molar-refractivity contribution in [3.05, 3.63) is 78.1 Å². The first-order valence-corrected chi connectivity index (χ1v) is 10.6. The number of aryl methyl sites for hydroxylation is 1. The standard InChI is InChI=1S/C22H21FN2O4S/c1-15-3-10-19(11-4-15)30(27,28)21-13-16(23)5-12-20(21)24-14-22(26)25-17-6-8-18(29-2)9-7-17/h3-13,24H,14H2,1-2H3,(H,25,26). The summed E-state index contributed by atoms with van der Waals surface area (Å²) >= 11 is 0. The number of methoxy groups -OCH3 is 1. The third kappa shape index (κ3) is 4.96. The van der Waals surface area contributed by atoms with Crippen molar-refractivity contribution < 1.29 is 22.3 Å². The number of halogens is 1. The lowest BCUT2D eigenvalue weighted by Gasteiger charge is -2.13. The minimum absolute atomic E-state index is 0.0458. The van der Waals surface area contributed by atoms with Crippen LogP contribution < -0.4 is 15.4 Å². The molecule has 0 saturated heterocycles. The van der Waals surface area contributed by atoms with Crippen molar-refractivity contribution in [3.63, 3.8) is 0 Å². The zero-order valence-electron chi connectivity index (χ0n) is 16.5. The third-order valence-corrected chi connectivity index (χ3v) is 6.19. The Morgan fingerprint density at radius 3 is 2.30 bits per heavy atom. The van der Waals surface area contributed by atoms with E-state index in [4.69, 9.17) is 4.74 Å². The van der Waals surface area contributed by atoms with Crippen molar-refractivity contribution in [2.75, 3.05) is 24.3 Å². The average molecular weight is 428 g/mol. The quantitative estimate of drug-likeness (QED) is 0.594. The highest BCUT2D eigenvalue weighted by Gasteiger charge is 2.22. The zero-order chi connectivity index (χ0) is 21.7. The van der Waals surface area contributed by atoms with E-state index < -0.39 is 15.7 Å². The number of nitrogens with one attached hydrogen (secondary N) is 2. The van der Waals surface area contributed by atoms with E-state index in [-0.39, 0.29) is 27.9 Å². The summed E-state index contributed by atoms with van der Waals surface area (Å²) in [6.45, 7) is 1.64. The van der Waals surface area contributed by atoms with Crippen LogP contribution in [0.4, 0.5) is 15.8 Å². The summed E-state index contributed by atoms with van der Waals surface area (Å²) in [5.41, 5.74) is 1.61. The number of sulfone groups is 1. The van der Waals surface area contributed by atoms with Crippen LogP contribution in [0.25, 0.3) is 0 Å². The van der Waals surface area contributed by atoms with Gasteiger partial charge < -0.3 is 15.4 Å². The molecule has 2 N–H and O–H groups in total. The molecule has 0 fully saturated rings. The van der Waals surface area contributed by atoms with Gasteiger partial charge in [0.15, 0.2) is 0 Å². The highest BCUT2D eigenvalue weighted by molar-refractivity contribution is 7.91. The van der Waals surface area contributed by atoms with Gasteiger partial charge in [-0.3, -0.25) is 4.79 Å². The summed E-state index contributed by atoms with van der Waals surface area (Å²) in [7, 11) is -2.43. The van der Waals surface area contributed by atoms with Crippen LogP contribution in [0.3, 0.4) is 0 Å². The Balaban J connectivity index is 1.78. The lowest BCUT2D eigenvalue weighted by atomic mass is 10.2. The molecule has 0 aliphatic heterocycles. The molecular weight excluding hydrogens is 407 g/mol. The van der Waals surface area contributed by atoms with Gasteiger partial charge in [-0.25, -0.2) is 12.8 Å². The molecule has 30 heavy (non-hydrogen) atoms. The van der Waals surface area contributed by atoms with Crippen molar-refractivity contribution in [2.45, 2.75) is 16.7 Å². The number of ether oxygens (including phenoxy) is 1. The second kappa shape index (κ2) is 8.96. The van der Waals surface area contributed by atoms with Gasteiger partial charge in [0.25, 0.3) is 0 Å². The van der Waals surface area contributed by atoms with Gasteiger partial charge in [0, 0.05) is 5.69 Å². The number of amides is 1. The number of rotatable bonds is 7. The predicted molar refractivity (Wildman–Crippen MR) is 113 cm³/mol. The maximum absolute atomic E-state index is 13.8. The van der Waals surface area contributed by atoms with E-state index >= 15 is 0 Å². The number of anilines is 2. The van der Waals surface area contributed by atoms with E-state index in [0.29, 0.717) is 11.4 Å². The molecule has 1 amide bonds. The number of hydrogen-bond acceptors (Lipinski definition) is 5. The van der Waals surface area contributed by atoms with E-state index in [0.717, 1.165) is 17.7 Å². The van der Waals surface area contributed by atoms with Crippen LogP contribution in [0.15, 0.2) is 76.5 Å². The highest BCUT2D eigenvalue weighted by atomic mass is 32.2. The first kappa shape index (κ1) is 21.3. The van der Waals surface area contributed by atoms with Crippen molar-refractivity contribution in [1.29, 1.82) is 0 Å². The first-order valence-electron chi connectivity index (χ1n) is 9.08. The van der Waals surface area contributed by atoms with Gasteiger partial charge in [0.2, 0.25) is 15.7 Å². The molecule has 3 aromatic carbocycles. The summed E-state index contributed by atoms with van der Waals surface area (Å²) in [5.74, 6) is -0.416. The number of carbonyl (C=O) groups is 1. The molecule has 0 heterocycles. The number of carbonyl (C=O) groups excluding carboxylic acids is 1. The summed E-state index contributed by atoms with van der Waals surface area (Å²) in [6, 6.07) is 16.4. The molecule has 0 atom stereocenters. The van der Waals surface area contributed by atoms with Crippen LogP contribution in [0.1, 0.15) is 5.56 Å². The molecule has 0 aliphatic carbocycles. The molecule has 3 aromatic rings. The van der Waals surface area contributed by atoms with Crippen LogP contribution in [-0.2, 0) is 14.6 Å². The Labute approximate surface area is 174 Å². The first-order chi connectivity index (χ1) is 14.3. The second-order valence-electron chi connectivity index (χ2n) is 6.59. The Morgan fingerprint density at radius 1 is 1.00 bits per heavy atom. The minimum Gasteiger partial charge on any atom is -0.497 e. The molecule has 0 radical (unpaired) electrons. The third-order valence-electron chi connectivity index (χ3n) is 4.38. The average Bonchev–Trinajstić information content (AvgIpc) is 2.73. The highest BCUT2D eigenvalue weighted by Crippen LogP contribution is 2.28. The molecule has 0 unspecified atom stereocenters. The van der Waals surface area contributed by atoms with Gasteiger partial charge >= 0.3 is 0 Å². The smallest absolute Gasteiger partial charge is 0.243 e. The van der Waals surface area contributed by atoms with Crippen molar-refractivity contribution in [2.24, 2.45) is 0 Å². The van der Waals surface area contributed by atoms with Crippen LogP contribution >= 0.6 is 0 Å². The zero-order valence-corrected chi connectivity index (χ0v) is 17.3. The van der Waals surface area contributed by atoms with Crippen LogP contribution in [0.5, 0.6) is 5.75 Å². The van der Waals surface area contributed by atoms with Crippen LogP contribution in [0, 0.1) is 12.7 Å². The SMILES string of the molecule is COc1ccc(NC(=O)CNc2ccc(F)cc2S(=O)(=O)c2ccc(C)cc2)cc1. The number of benzene rings is 3. The number of hydrogen-bond donors (Lipinski definition) is 2. The molecule has 156 valence electrons. The Hall–Kier alpha value is -3.39.